The molecule has 1 aromatic carbocycles. The van der Waals surface area contributed by atoms with Gasteiger partial charge in [-0.1, -0.05) is 59.7 Å². The lowest BCUT2D eigenvalue weighted by Gasteiger charge is -2.41. The summed E-state index contributed by atoms with van der Waals surface area (Å²) >= 11 is 0. The lowest BCUT2D eigenvalue weighted by Crippen LogP contribution is -2.49. The number of aromatic amines is 1. The highest BCUT2D eigenvalue weighted by Gasteiger charge is 2.49. The Kier molecular flexibility index (Phi) is 8.70. The Morgan fingerprint density at radius 3 is 2.05 bits per heavy atom. The summed E-state index contributed by atoms with van der Waals surface area (Å²) in [7, 11) is -6.27. The molecule has 210 valence electrons. The van der Waals surface area contributed by atoms with E-state index >= 15 is 0 Å². The summed E-state index contributed by atoms with van der Waals surface area (Å²) in [5, 5.41) is -0.155. The summed E-state index contributed by atoms with van der Waals surface area (Å²) < 4.78 is 35.2. The van der Waals surface area contributed by atoms with Gasteiger partial charge < -0.3 is 13.6 Å². The molecule has 3 rings (SSSR count). The fourth-order valence-electron chi connectivity index (χ4n) is 3.41. The Morgan fingerprint density at radius 2 is 1.53 bits per heavy atom. The fourth-order valence-corrected chi connectivity index (χ4v) is 7.15. The minimum absolute atomic E-state index is 0.0246. The first-order valence-corrected chi connectivity index (χ1v) is 19.8. The van der Waals surface area contributed by atoms with E-state index in [9.17, 15) is 13.8 Å². The zero-order chi connectivity index (χ0) is 28.7. The Morgan fingerprint density at radius 1 is 0.947 bits per heavy atom. The van der Waals surface area contributed by atoms with E-state index in [2.05, 4.69) is 72.7 Å². The monoisotopic (exact) mass is 578 g/mol. The van der Waals surface area contributed by atoms with Crippen molar-refractivity contribution in [2.75, 3.05) is 6.61 Å². The van der Waals surface area contributed by atoms with Gasteiger partial charge >= 0.3 is 5.69 Å². The number of aromatic nitrogens is 2. The van der Waals surface area contributed by atoms with Crippen LogP contribution in [-0.4, -0.2) is 49.2 Å². The van der Waals surface area contributed by atoms with Gasteiger partial charge in [-0.25, -0.2) is 13.6 Å². The van der Waals surface area contributed by atoms with Crippen LogP contribution in [0.1, 0.15) is 41.5 Å². The van der Waals surface area contributed by atoms with Gasteiger partial charge in [0.1, 0.15) is 11.0 Å². The molecule has 2 aromatic rings. The number of nitrogens with one attached hydrogen (secondary N) is 1. The molecule has 0 saturated heterocycles. The molecular weight excluding hydrogens is 537 g/mol. The number of ether oxygens (including phenoxy) is 1. The first-order valence-electron chi connectivity index (χ1n) is 12.9. The molecule has 0 aliphatic carbocycles. The molecule has 1 aliphatic heterocycles. The topological polar surface area (TPSA) is 99.6 Å². The summed E-state index contributed by atoms with van der Waals surface area (Å²) in [4.78, 5) is 27.9. The maximum Gasteiger partial charge on any atom is 0.335 e. The summed E-state index contributed by atoms with van der Waals surface area (Å²) in [6.07, 6.45) is 0.00405. The van der Waals surface area contributed by atoms with Gasteiger partial charge in [0.15, 0.2) is 22.7 Å². The molecule has 1 aromatic heterocycles. The average molecular weight is 579 g/mol. The maximum absolute atomic E-state index is 14.2. The second-order valence-corrected chi connectivity index (χ2v) is 23.8. The Hall–Kier alpha value is -2.06. The molecule has 8 nitrogen and oxygen atoms in total. The highest BCUT2D eigenvalue weighted by Crippen LogP contribution is 2.44. The van der Waals surface area contributed by atoms with E-state index in [-0.39, 0.29) is 22.6 Å². The molecule has 0 amide bonds. The van der Waals surface area contributed by atoms with Crippen molar-refractivity contribution in [3.05, 3.63) is 68.3 Å². The number of hydrogen-bond donors (Lipinski definition) is 1. The van der Waals surface area contributed by atoms with E-state index in [4.69, 9.17) is 13.6 Å². The van der Waals surface area contributed by atoms with E-state index in [1.807, 2.05) is 18.2 Å². The molecule has 0 bridgehead atoms. The van der Waals surface area contributed by atoms with Crippen molar-refractivity contribution >= 4 is 33.3 Å². The number of hydrogen-bond acceptors (Lipinski definition) is 6. The summed E-state index contributed by atoms with van der Waals surface area (Å²) in [5.74, 6) is 0.112. The molecule has 38 heavy (non-hydrogen) atoms. The normalized spacial score (nSPS) is 19.9. The van der Waals surface area contributed by atoms with E-state index in [0.717, 1.165) is 0 Å². The minimum atomic E-state index is -2.40. The van der Waals surface area contributed by atoms with Gasteiger partial charge in [-0.15, -0.1) is 0 Å². The largest absolute Gasteiger partial charge is 0.469 e. The highest BCUT2D eigenvalue weighted by atomic mass is 32.2. The van der Waals surface area contributed by atoms with E-state index in [0.29, 0.717) is 9.80 Å². The van der Waals surface area contributed by atoms with Crippen LogP contribution in [-0.2, 0) is 24.4 Å². The van der Waals surface area contributed by atoms with Crippen molar-refractivity contribution in [3.63, 3.8) is 0 Å². The number of benzene rings is 1. The van der Waals surface area contributed by atoms with E-state index < -0.39 is 50.9 Å². The van der Waals surface area contributed by atoms with Crippen LogP contribution in [0.5, 0.6) is 0 Å². The zero-order valence-corrected chi connectivity index (χ0v) is 27.0. The fraction of sp³-hybridized carbons (Fsp3) is 0.556. The highest BCUT2D eigenvalue weighted by molar-refractivity contribution is 7.89. The molecule has 1 N–H and O–H groups in total. The zero-order valence-electron chi connectivity index (χ0n) is 24.2. The van der Waals surface area contributed by atoms with Crippen LogP contribution in [0.25, 0.3) is 5.88 Å². The van der Waals surface area contributed by atoms with Gasteiger partial charge in [0.2, 0.25) is 5.88 Å². The average Bonchev–Trinajstić information content (AvgIpc) is 3.13. The van der Waals surface area contributed by atoms with E-state index in [1.165, 1.54) is 16.8 Å². The van der Waals surface area contributed by atoms with Gasteiger partial charge in [0.25, 0.3) is 5.56 Å². The third kappa shape index (κ3) is 6.39. The summed E-state index contributed by atoms with van der Waals surface area (Å²) in [6.45, 7) is 21.7. The van der Waals surface area contributed by atoms with Gasteiger partial charge in [-0.2, -0.15) is 0 Å². The third-order valence-corrected chi connectivity index (χ3v) is 18.4. The van der Waals surface area contributed by atoms with Crippen LogP contribution >= 0.6 is 0 Å². The first kappa shape index (κ1) is 30.5. The van der Waals surface area contributed by atoms with Crippen LogP contribution in [0.2, 0.25) is 36.3 Å². The van der Waals surface area contributed by atoms with Crippen LogP contribution in [0.15, 0.2) is 62.0 Å². The summed E-state index contributed by atoms with van der Waals surface area (Å²) in [6, 6.07) is 10.3. The third-order valence-electron chi connectivity index (χ3n) is 7.91. The number of rotatable bonds is 8. The molecule has 11 heteroatoms. The predicted octanol–water partition coefficient (Wildman–Crippen LogP) is 5.28. The molecule has 1 aliphatic rings. The molecule has 3 atom stereocenters. The Bertz CT molecular complexity index is 1320. The lowest BCUT2D eigenvalue weighted by atomic mass is 10.2. The molecule has 2 heterocycles. The van der Waals surface area contributed by atoms with Crippen molar-refractivity contribution in [2.24, 2.45) is 0 Å². The number of H-pyrrole nitrogens is 1. The molecule has 1 unspecified atom stereocenters. The van der Waals surface area contributed by atoms with Gasteiger partial charge in [0, 0.05) is 17.2 Å². The van der Waals surface area contributed by atoms with Crippen LogP contribution in [0, 0.1) is 0 Å². The van der Waals surface area contributed by atoms with Crippen molar-refractivity contribution in [2.45, 2.75) is 94.9 Å². The molecule has 0 fully saturated rings. The molecule has 0 spiro atoms. The minimum Gasteiger partial charge on any atom is -0.469 e. The van der Waals surface area contributed by atoms with Gasteiger partial charge in [-0.3, -0.25) is 9.78 Å². The van der Waals surface area contributed by atoms with Crippen LogP contribution in [0.3, 0.4) is 0 Å². The Labute approximate surface area is 230 Å². The van der Waals surface area contributed by atoms with Crippen molar-refractivity contribution in [3.8, 4) is 0 Å². The molecular formula is C27H42N2O6SSi2. The molecule has 0 radical (unpaired) electrons. The first-order chi connectivity index (χ1) is 17.4. The van der Waals surface area contributed by atoms with Crippen molar-refractivity contribution < 1.29 is 17.8 Å². The molecule has 0 saturated carbocycles. The Balaban J connectivity index is 2.20. The summed E-state index contributed by atoms with van der Waals surface area (Å²) in [5.41, 5.74) is -1.20. The van der Waals surface area contributed by atoms with Gasteiger partial charge in [0.05, 0.1) is 17.4 Å². The maximum atomic E-state index is 14.2. The van der Waals surface area contributed by atoms with Crippen LogP contribution in [0.4, 0.5) is 0 Å². The van der Waals surface area contributed by atoms with Gasteiger partial charge in [-0.05, 0) is 48.4 Å². The lowest BCUT2D eigenvalue weighted by molar-refractivity contribution is 0.0331. The van der Waals surface area contributed by atoms with Crippen LogP contribution < -0.4 is 11.2 Å². The second kappa shape index (κ2) is 10.8. The predicted molar refractivity (Wildman–Crippen MR) is 157 cm³/mol. The van der Waals surface area contributed by atoms with E-state index in [1.54, 1.807) is 12.1 Å². The smallest absolute Gasteiger partial charge is 0.335 e. The van der Waals surface area contributed by atoms with Crippen molar-refractivity contribution in [1.29, 1.82) is 0 Å². The SMILES string of the molecule is CC(C)(C)[Si](C)(C)OC[C@H]1OC(n2ccc(=O)[nH]c2=O)=C(S(=O)c2ccccc2)[C@@H]1O[Si](C)(C)C(C)(C)C. The quantitative estimate of drug-likeness (QED) is 0.428. The van der Waals surface area contributed by atoms with Crippen molar-refractivity contribution in [1.82, 2.24) is 9.55 Å². The number of nitrogens with zero attached hydrogens (tertiary/aromatic N) is 1. The second-order valence-electron chi connectivity index (χ2n) is 12.8. The standard InChI is InChI=1S/C27H42N2O6SSi2/c1-26(2,3)37(7,8)33-18-20-22(35-38(9,10)27(4,5)6)23(36(32)19-14-12-11-13-15-19)24(34-20)29-17-16-21(30)28-25(29)31/h11-17,20,22H,18H2,1-10H3,(H,28,30,31)/t20-,22-,36?/m1/s1.